The zero-order chi connectivity index (χ0) is 15.0. The Labute approximate surface area is 121 Å². The van der Waals surface area contributed by atoms with Crippen LogP contribution in [0.1, 0.15) is 12.8 Å². The highest BCUT2D eigenvalue weighted by atomic mass is 16.2. The third-order valence-electron chi connectivity index (χ3n) is 4.10. The van der Waals surface area contributed by atoms with E-state index in [4.69, 9.17) is 0 Å². The number of nitrogens with zero attached hydrogens (tertiary/aromatic N) is 3. The summed E-state index contributed by atoms with van der Waals surface area (Å²) in [6, 6.07) is 0. The molecule has 3 rings (SSSR count). The van der Waals surface area contributed by atoms with Crippen molar-refractivity contribution in [2.24, 2.45) is 20.0 Å². The third-order valence-corrected chi connectivity index (χ3v) is 4.10. The van der Waals surface area contributed by atoms with Crippen LogP contribution in [0.4, 0.5) is 5.95 Å². The number of hydrogen-bond acceptors (Lipinski definition) is 5. The van der Waals surface area contributed by atoms with E-state index in [0.717, 1.165) is 30.6 Å². The molecule has 1 atom stereocenters. The van der Waals surface area contributed by atoms with Crippen molar-refractivity contribution in [2.75, 3.05) is 25.0 Å². The van der Waals surface area contributed by atoms with Crippen LogP contribution >= 0.6 is 0 Å². The van der Waals surface area contributed by atoms with Gasteiger partial charge in [-0.25, -0.2) is 4.79 Å². The van der Waals surface area contributed by atoms with Crippen molar-refractivity contribution in [3.05, 3.63) is 20.8 Å². The average molecular weight is 292 g/mol. The Morgan fingerprint density at radius 1 is 1.33 bits per heavy atom. The number of rotatable bonds is 4. The van der Waals surface area contributed by atoms with Crippen molar-refractivity contribution in [3.63, 3.8) is 0 Å². The summed E-state index contributed by atoms with van der Waals surface area (Å²) in [5, 5.41) is 6.53. The molecule has 1 aliphatic heterocycles. The fraction of sp³-hybridized carbons (Fsp3) is 0.615. The van der Waals surface area contributed by atoms with Gasteiger partial charge >= 0.3 is 5.69 Å². The van der Waals surface area contributed by atoms with Crippen LogP contribution in [-0.2, 0) is 14.1 Å². The van der Waals surface area contributed by atoms with Gasteiger partial charge in [0, 0.05) is 20.6 Å². The van der Waals surface area contributed by atoms with Crippen molar-refractivity contribution >= 4 is 17.1 Å². The van der Waals surface area contributed by atoms with Gasteiger partial charge in [0.15, 0.2) is 11.2 Å². The first-order valence-electron chi connectivity index (χ1n) is 7.18. The van der Waals surface area contributed by atoms with E-state index in [2.05, 4.69) is 20.6 Å². The smallest absolute Gasteiger partial charge is 0.332 e. The Morgan fingerprint density at radius 3 is 2.86 bits per heavy atom. The molecule has 0 spiro atoms. The van der Waals surface area contributed by atoms with Crippen LogP contribution in [-0.4, -0.2) is 38.7 Å². The Hall–Kier alpha value is -2.09. The number of aromatic nitrogens is 4. The number of anilines is 1. The van der Waals surface area contributed by atoms with Gasteiger partial charge in [0.1, 0.15) is 0 Å². The molecular formula is C13H20N6O2. The van der Waals surface area contributed by atoms with E-state index in [1.165, 1.54) is 18.0 Å². The van der Waals surface area contributed by atoms with E-state index in [0.29, 0.717) is 23.0 Å². The summed E-state index contributed by atoms with van der Waals surface area (Å²) in [5.74, 6) is 1.23. The predicted octanol–water partition coefficient (Wildman–Crippen LogP) is -0.628. The molecule has 2 aromatic rings. The van der Waals surface area contributed by atoms with Gasteiger partial charge in [0.25, 0.3) is 5.56 Å². The van der Waals surface area contributed by atoms with Crippen molar-refractivity contribution < 1.29 is 0 Å². The Morgan fingerprint density at radius 2 is 2.14 bits per heavy atom. The Kier molecular flexibility index (Phi) is 3.54. The lowest BCUT2D eigenvalue weighted by molar-refractivity contribution is 0.548. The van der Waals surface area contributed by atoms with Crippen LogP contribution < -0.4 is 21.9 Å². The molecule has 0 aliphatic carbocycles. The van der Waals surface area contributed by atoms with Crippen LogP contribution in [0.3, 0.4) is 0 Å². The number of imidazole rings is 1. The molecule has 0 amide bonds. The molecule has 114 valence electrons. The molecule has 1 unspecified atom stereocenters. The maximum Gasteiger partial charge on any atom is 0.332 e. The molecule has 3 heterocycles. The lowest BCUT2D eigenvalue weighted by Crippen LogP contribution is -2.36. The van der Waals surface area contributed by atoms with Crippen molar-refractivity contribution in [1.29, 1.82) is 0 Å². The third kappa shape index (κ3) is 2.46. The number of fused-ring (bicyclic) bond motifs is 1. The quantitative estimate of drug-likeness (QED) is 0.697. The summed E-state index contributed by atoms with van der Waals surface area (Å²) < 4.78 is 2.45. The number of nitrogens with one attached hydrogen (secondary N) is 3. The Bertz CT molecular complexity index is 765. The van der Waals surface area contributed by atoms with Gasteiger partial charge in [-0.1, -0.05) is 0 Å². The number of aryl methyl sites for hydroxylation is 1. The van der Waals surface area contributed by atoms with Gasteiger partial charge in [0.2, 0.25) is 5.95 Å². The van der Waals surface area contributed by atoms with Gasteiger partial charge in [-0.3, -0.25) is 13.9 Å². The van der Waals surface area contributed by atoms with Crippen LogP contribution in [0.25, 0.3) is 11.2 Å². The van der Waals surface area contributed by atoms with Gasteiger partial charge in [-0.05, 0) is 31.8 Å². The normalized spacial score (nSPS) is 18.5. The largest absolute Gasteiger partial charge is 0.356 e. The van der Waals surface area contributed by atoms with E-state index in [9.17, 15) is 9.59 Å². The zero-order valence-electron chi connectivity index (χ0n) is 12.3. The number of hydrogen-bond donors (Lipinski definition) is 3. The maximum absolute atomic E-state index is 12.0. The summed E-state index contributed by atoms with van der Waals surface area (Å²) in [7, 11) is 3.07. The van der Waals surface area contributed by atoms with E-state index < -0.39 is 0 Å². The fourth-order valence-corrected chi connectivity index (χ4v) is 2.77. The summed E-state index contributed by atoms with van der Waals surface area (Å²) in [6.45, 7) is 2.95. The zero-order valence-corrected chi connectivity index (χ0v) is 12.3. The SMILES string of the molecule is Cn1c(=O)c2[nH]c(NCCC3CCNC3)nc2n(C)c1=O. The minimum absolute atomic E-state index is 0.352. The lowest BCUT2D eigenvalue weighted by Gasteiger charge is -2.07. The van der Waals surface area contributed by atoms with Gasteiger partial charge in [0.05, 0.1) is 0 Å². The minimum Gasteiger partial charge on any atom is -0.356 e. The summed E-state index contributed by atoms with van der Waals surface area (Å²) in [4.78, 5) is 31.2. The molecule has 1 saturated heterocycles. The minimum atomic E-state index is -0.373. The molecule has 0 bridgehead atoms. The van der Waals surface area contributed by atoms with E-state index in [1.807, 2.05) is 0 Å². The van der Waals surface area contributed by atoms with E-state index in [-0.39, 0.29) is 11.2 Å². The van der Waals surface area contributed by atoms with Crippen LogP contribution in [0, 0.1) is 5.92 Å². The molecule has 2 aromatic heterocycles. The second-order valence-corrected chi connectivity index (χ2v) is 5.56. The second kappa shape index (κ2) is 5.36. The van der Waals surface area contributed by atoms with E-state index in [1.54, 1.807) is 7.05 Å². The molecule has 3 N–H and O–H groups in total. The first-order valence-corrected chi connectivity index (χ1v) is 7.18. The summed E-state index contributed by atoms with van der Waals surface area (Å²) in [5.41, 5.74) is 0.00832. The van der Waals surface area contributed by atoms with Crippen molar-refractivity contribution in [1.82, 2.24) is 24.4 Å². The molecule has 0 aromatic carbocycles. The maximum atomic E-state index is 12.0. The topological polar surface area (TPSA) is 96.7 Å². The highest BCUT2D eigenvalue weighted by molar-refractivity contribution is 5.72. The molecule has 8 heteroatoms. The van der Waals surface area contributed by atoms with Gasteiger partial charge < -0.3 is 15.6 Å². The molecule has 21 heavy (non-hydrogen) atoms. The second-order valence-electron chi connectivity index (χ2n) is 5.56. The average Bonchev–Trinajstić information content (AvgIpc) is 3.12. The summed E-state index contributed by atoms with van der Waals surface area (Å²) in [6.07, 6.45) is 2.26. The molecule has 8 nitrogen and oxygen atoms in total. The monoisotopic (exact) mass is 292 g/mol. The lowest BCUT2D eigenvalue weighted by atomic mass is 10.1. The molecular weight excluding hydrogens is 272 g/mol. The molecule has 0 saturated carbocycles. The van der Waals surface area contributed by atoms with Crippen molar-refractivity contribution in [2.45, 2.75) is 12.8 Å². The molecule has 0 radical (unpaired) electrons. The Balaban J connectivity index is 1.81. The summed E-state index contributed by atoms with van der Waals surface area (Å²) >= 11 is 0. The van der Waals surface area contributed by atoms with Gasteiger partial charge in [-0.2, -0.15) is 4.98 Å². The van der Waals surface area contributed by atoms with Crippen LogP contribution in [0.5, 0.6) is 0 Å². The standard InChI is InChI=1S/C13H20N6O2/c1-18-10-9(11(20)19(2)13(18)21)16-12(17-10)15-6-4-8-3-5-14-7-8/h8,14H,3-7H2,1-2H3,(H2,15,16,17). The number of aromatic amines is 1. The number of H-pyrrole nitrogens is 1. The van der Waals surface area contributed by atoms with Crippen molar-refractivity contribution in [3.8, 4) is 0 Å². The van der Waals surface area contributed by atoms with Crippen LogP contribution in [0.2, 0.25) is 0 Å². The van der Waals surface area contributed by atoms with E-state index >= 15 is 0 Å². The predicted molar refractivity (Wildman–Crippen MR) is 80.7 cm³/mol. The first kappa shape index (κ1) is 13.9. The fourth-order valence-electron chi connectivity index (χ4n) is 2.77. The highest BCUT2D eigenvalue weighted by Crippen LogP contribution is 2.13. The highest BCUT2D eigenvalue weighted by Gasteiger charge is 2.15. The molecule has 1 aliphatic rings. The first-order chi connectivity index (χ1) is 10.1. The molecule has 1 fully saturated rings. The van der Waals surface area contributed by atoms with Gasteiger partial charge in [-0.15, -0.1) is 0 Å². The van der Waals surface area contributed by atoms with Crippen LogP contribution in [0.15, 0.2) is 9.59 Å².